The lowest BCUT2D eigenvalue weighted by atomic mass is 10.6. The van der Waals surface area contributed by atoms with E-state index in [4.69, 9.17) is 14.3 Å². The number of rotatable bonds is 5. The monoisotopic (exact) mass is 232 g/mol. The number of hydrogen-bond acceptors (Lipinski definition) is 4. The predicted molar refractivity (Wildman–Crippen MR) is 43.8 cm³/mol. The Morgan fingerprint density at radius 1 is 1.46 bits per heavy atom. The van der Waals surface area contributed by atoms with Crippen LogP contribution in [-0.2, 0) is 20.6 Å². The van der Waals surface area contributed by atoms with Crippen LogP contribution in [0.3, 0.4) is 0 Å². The van der Waals surface area contributed by atoms with Gasteiger partial charge >= 0.3 is 7.60 Å². The molecule has 1 amide bonds. The van der Waals surface area contributed by atoms with Gasteiger partial charge in [0.1, 0.15) is 0 Å². The van der Waals surface area contributed by atoms with Crippen molar-refractivity contribution in [3.63, 3.8) is 0 Å². The van der Waals surface area contributed by atoms with E-state index in [1.807, 2.05) is 0 Å². The van der Waals surface area contributed by atoms with Crippen molar-refractivity contribution >= 4 is 24.8 Å². The maximum absolute atomic E-state index is 10.6. The summed E-state index contributed by atoms with van der Waals surface area (Å²) in [4.78, 5) is 27.2. The van der Waals surface area contributed by atoms with Gasteiger partial charge in [-0.25, -0.2) is 4.21 Å². The van der Waals surface area contributed by atoms with Crippen molar-refractivity contribution in [2.75, 3.05) is 12.8 Å². The van der Waals surface area contributed by atoms with Crippen LogP contribution >= 0.6 is 7.60 Å². The molecule has 0 aromatic carbocycles. The maximum Gasteiger partial charge on any atom is 0.339 e. The highest BCUT2D eigenvalue weighted by Gasteiger charge is 2.12. The van der Waals surface area contributed by atoms with Gasteiger partial charge in [-0.2, -0.15) is 0 Å². The number of hydrogen-bond donors (Lipinski definition) is 5. The van der Waals surface area contributed by atoms with E-state index < -0.39 is 37.6 Å². The standard InChI is InChI=1S/C3H9N2O6PS/c6-3(5-13(10)11)1-4-2-12(7,8)9/h4H,1-2H2,(H,5,6)(H,10,11)(H2,7,8,9). The summed E-state index contributed by atoms with van der Waals surface area (Å²) < 4.78 is 29.9. The highest BCUT2D eigenvalue weighted by Crippen LogP contribution is 2.31. The molecule has 1 atom stereocenters. The molecule has 8 nitrogen and oxygen atoms in total. The molecule has 0 saturated heterocycles. The van der Waals surface area contributed by atoms with Crippen molar-refractivity contribution in [3.8, 4) is 0 Å². The van der Waals surface area contributed by atoms with E-state index in [0.29, 0.717) is 0 Å². The van der Waals surface area contributed by atoms with Crippen LogP contribution in [0.4, 0.5) is 0 Å². The molecule has 0 spiro atoms. The van der Waals surface area contributed by atoms with Gasteiger partial charge in [0.15, 0.2) is 0 Å². The third-order valence-electron chi connectivity index (χ3n) is 0.804. The van der Waals surface area contributed by atoms with Gasteiger partial charge in [0.2, 0.25) is 5.91 Å². The van der Waals surface area contributed by atoms with Crippen molar-refractivity contribution in [2.24, 2.45) is 0 Å². The molecule has 0 rings (SSSR count). The molecule has 78 valence electrons. The minimum absolute atomic E-state index is 0.433. The van der Waals surface area contributed by atoms with E-state index in [1.165, 1.54) is 0 Å². The molecule has 1 unspecified atom stereocenters. The zero-order valence-electron chi connectivity index (χ0n) is 6.34. The summed E-state index contributed by atoms with van der Waals surface area (Å²) >= 11 is -2.45. The van der Waals surface area contributed by atoms with E-state index in [1.54, 1.807) is 4.72 Å². The quantitative estimate of drug-likeness (QED) is 0.272. The summed E-state index contributed by atoms with van der Waals surface area (Å²) in [5.41, 5.74) is 0. The summed E-state index contributed by atoms with van der Waals surface area (Å²) in [6.45, 7) is -0.433. The zero-order chi connectivity index (χ0) is 10.5. The van der Waals surface area contributed by atoms with E-state index >= 15 is 0 Å². The van der Waals surface area contributed by atoms with Crippen LogP contribution < -0.4 is 10.0 Å². The molecular weight excluding hydrogens is 223 g/mol. The van der Waals surface area contributed by atoms with E-state index in [0.717, 1.165) is 0 Å². The molecular formula is C3H9N2O6PS. The molecule has 13 heavy (non-hydrogen) atoms. The molecule has 5 N–H and O–H groups in total. The van der Waals surface area contributed by atoms with Gasteiger partial charge in [0, 0.05) is 0 Å². The van der Waals surface area contributed by atoms with E-state index in [2.05, 4.69) is 5.32 Å². The molecule has 0 aliphatic carbocycles. The summed E-state index contributed by atoms with van der Waals surface area (Å²) in [5, 5.41) is 2.11. The largest absolute Gasteiger partial charge is 0.339 e. The molecule has 10 heteroatoms. The number of nitrogens with one attached hydrogen (secondary N) is 2. The van der Waals surface area contributed by atoms with Gasteiger partial charge in [-0.1, -0.05) is 0 Å². The Morgan fingerprint density at radius 2 is 2.00 bits per heavy atom. The van der Waals surface area contributed by atoms with Crippen molar-refractivity contribution in [2.45, 2.75) is 0 Å². The second-order valence-electron chi connectivity index (χ2n) is 2.02. The molecule has 0 aromatic rings. The number of amides is 1. The summed E-state index contributed by atoms with van der Waals surface area (Å²) in [7, 11) is -4.19. The first-order chi connectivity index (χ1) is 5.81. The smallest absolute Gasteiger partial charge is 0.324 e. The Hall–Kier alpha value is -0.310. The fraction of sp³-hybridized carbons (Fsp3) is 0.667. The van der Waals surface area contributed by atoms with Crippen LogP contribution in [0.25, 0.3) is 0 Å². The Kier molecular flexibility index (Phi) is 5.30. The SMILES string of the molecule is O=C(CNCP(=O)(O)O)NS(=O)O. The lowest BCUT2D eigenvalue weighted by molar-refractivity contribution is -0.118. The lowest BCUT2D eigenvalue weighted by Gasteiger charge is -2.04. The topological polar surface area (TPSA) is 136 Å². The van der Waals surface area contributed by atoms with Crippen molar-refractivity contribution in [3.05, 3.63) is 0 Å². The fourth-order valence-electron chi connectivity index (χ4n) is 0.449. The van der Waals surface area contributed by atoms with Crippen LogP contribution in [0, 0.1) is 0 Å². The highest BCUT2D eigenvalue weighted by atomic mass is 32.2. The van der Waals surface area contributed by atoms with Gasteiger partial charge in [-0.3, -0.25) is 24.0 Å². The first-order valence-corrected chi connectivity index (χ1v) is 5.87. The maximum atomic E-state index is 10.6. The van der Waals surface area contributed by atoms with Crippen LogP contribution in [0.1, 0.15) is 0 Å². The molecule has 0 heterocycles. The molecule has 0 aliphatic rings. The highest BCUT2D eigenvalue weighted by molar-refractivity contribution is 7.77. The fourth-order valence-corrected chi connectivity index (χ4v) is 1.12. The number of carbonyl (C=O) groups excluding carboxylic acids is 1. The summed E-state index contributed by atoms with van der Waals surface area (Å²) in [6, 6.07) is 0. The summed E-state index contributed by atoms with van der Waals surface area (Å²) in [6.07, 6.45) is -0.654. The zero-order valence-corrected chi connectivity index (χ0v) is 8.05. The predicted octanol–water partition coefficient (Wildman–Crippen LogP) is -2.04. The van der Waals surface area contributed by atoms with E-state index in [-0.39, 0.29) is 0 Å². The Morgan fingerprint density at radius 3 is 2.38 bits per heavy atom. The van der Waals surface area contributed by atoms with Crippen LogP contribution in [0.2, 0.25) is 0 Å². The van der Waals surface area contributed by atoms with E-state index in [9.17, 15) is 13.6 Å². The van der Waals surface area contributed by atoms with Crippen LogP contribution in [-0.4, -0.2) is 37.3 Å². The second-order valence-corrected chi connectivity index (χ2v) is 4.37. The van der Waals surface area contributed by atoms with Crippen LogP contribution in [0.5, 0.6) is 0 Å². The molecule has 0 fully saturated rings. The van der Waals surface area contributed by atoms with Gasteiger partial charge < -0.3 is 9.79 Å². The van der Waals surface area contributed by atoms with Gasteiger partial charge in [-0.15, -0.1) is 0 Å². The minimum atomic E-state index is -4.19. The number of carbonyl (C=O) groups is 1. The molecule has 0 bridgehead atoms. The molecule has 0 aliphatic heterocycles. The van der Waals surface area contributed by atoms with Crippen molar-refractivity contribution in [1.82, 2.24) is 10.0 Å². The Bertz CT molecular complexity index is 250. The van der Waals surface area contributed by atoms with Gasteiger partial charge in [-0.05, 0) is 0 Å². The van der Waals surface area contributed by atoms with Crippen molar-refractivity contribution in [1.29, 1.82) is 0 Å². The molecule has 0 aromatic heterocycles. The second kappa shape index (κ2) is 5.43. The minimum Gasteiger partial charge on any atom is -0.324 e. The first kappa shape index (κ1) is 12.7. The Labute approximate surface area is 76.3 Å². The first-order valence-electron chi connectivity index (χ1n) is 2.97. The normalized spacial score (nSPS) is 13.8. The summed E-state index contributed by atoms with van der Waals surface area (Å²) in [5.74, 6) is -0.825. The van der Waals surface area contributed by atoms with Gasteiger partial charge in [0.25, 0.3) is 11.3 Å². The third kappa shape index (κ3) is 9.61. The molecule has 0 radical (unpaired) electrons. The van der Waals surface area contributed by atoms with Crippen molar-refractivity contribution < 1.29 is 27.9 Å². The average Bonchev–Trinajstić information content (AvgIpc) is 1.81. The van der Waals surface area contributed by atoms with Crippen LogP contribution in [0.15, 0.2) is 0 Å². The third-order valence-corrected chi connectivity index (χ3v) is 1.84. The average molecular weight is 232 g/mol. The van der Waals surface area contributed by atoms with Gasteiger partial charge in [0.05, 0.1) is 12.8 Å². The molecule has 0 saturated carbocycles. The lowest BCUT2D eigenvalue weighted by Crippen LogP contribution is -2.34. The Balaban J connectivity index is 3.60.